The minimum absolute atomic E-state index is 0.166. The Labute approximate surface area is 171 Å². The Balaban J connectivity index is 1.84. The molecule has 3 aromatic rings. The van der Waals surface area contributed by atoms with Crippen molar-refractivity contribution >= 4 is 27.5 Å². The van der Waals surface area contributed by atoms with E-state index >= 15 is 0 Å². The number of nitrogens with zero attached hydrogens (tertiary/aromatic N) is 1. The van der Waals surface area contributed by atoms with Crippen LogP contribution in [0.4, 0.5) is 0 Å². The maximum absolute atomic E-state index is 12.6. The molecule has 0 atom stereocenters. The lowest BCUT2D eigenvalue weighted by molar-refractivity contribution is 0.0461. The first kappa shape index (κ1) is 20.7. The molecule has 1 aromatic carbocycles. The molecule has 0 fully saturated rings. The van der Waals surface area contributed by atoms with Crippen molar-refractivity contribution < 1.29 is 23.7 Å². The molecule has 154 valence electrons. The van der Waals surface area contributed by atoms with E-state index in [1.165, 1.54) is 11.3 Å². The molecule has 29 heavy (non-hydrogen) atoms. The second-order valence-corrected chi connectivity index (χ2v) is 6.74. The molecule has 0 amide bonds. The third kappa shape index (κ3) is 4.68. The van der Waals surface area contributed by atoms with Crippen LogP contribution in [0.3, 0.4) is 0 Å². The Hall–Kier alpha value is -3.07. The molecule has 0 aliphatic carbocycles. The number of rotatable bonds is 9. The second-order valence-electron chi connectivity index (χ2n) is 5.82. The SMILES string of the molecule is CCOc1cc(C(=O)OCc2nc3ccsc3c(=O)[nH]2)cc(OCC)c1OCC. The summed E-state index contributed by atoms with van der Waals surface area (Å²) in [7, 11) is 0. The van der Waals surface area contributed by atoms with Crippen molar-refractivity contribution in [3.63, 3.8) is 0 Å². The highest BCUT2D eigenvalue weighted by Crippen LogP contribution is 2.39. The van der Waals surface area contributed by atoms with Crippen LogP contribution in [0.15, 0.2) is 28.4 Å². The van der Waals surface area contributed by atoms with Gasteiger partial charge in [0.1, 0.15) is 17.1 Å². The summed E-state index contributed by atoms with van der Waals surface area (Å²) in [6.07, 6.45) is 0. The molecule has 9 heteroatoms. The number of carbonyl (C=O) groups is 1. The molecular weight excluding hydrogens is 396 g/mol. The number of ether oxygens (including phenoxy) is 4. The fourth-order valence-electron chi connectivity index (χ4n) is 2.71. The number of nitrogens with one attached hydrogen (secondary N) is 1. The molecule has 2 aromatic heterocycles. The van der Waals surface area contributed by atoms with Crippen LogP contribution in [-0.4, -0.2) is 35.8 Å². The van der Waals surface area contributed by atoms with E-state index < -0.39 is 5.97 Å². The fourth-order valence-corrected chi connectivity index (χ4v) is 3.44. The number of H-pyrrole nitrogens is 1. The summed E-state index contributed by atoms with van der Waals surface area (Å²) in [4.78, 5) is 31.6. The summed E-state index contributed by atoms with van der Waals surface area (Å²) < 4.78 is 22.7. The predicted octanol–water partition coefficient (Wildman–Crippen LogP) is 3.54. The quantitative estimate of drug-likeness (QED) is 0.531. The van der Waals surface area contributed by atoms with Gasteiger partial charge in [0.2, 0.25) is 5.75 Å². The smallest absolute Gasteiger partial charge is 0.338 e. The van der Waals surface area contributed by atoms with E-state index in [0.717, 1.165) is 0 Å². The van der Waals surface area contributed by atoms with Crippen LogP contribution in [0.1, 0.15) is 37.0 Å². The third-order valence-electron chi connectivity index (χ3n) is 3.85. The van der Waals surface area contributed by atoms with E-state index in [1.807, 2.05) is 20.8 Å². The van der Waals surface area contributed by atoms with Crippen molar-refractivity contribution in [2.45, 2.75) is 27.4 Å². The van der Waals surface area contributed by atoms with Crippen molar-refractivity contribution in [2.75, 3.05) is 19.8 Å². The molecule has 1 N–H and O–H groups in total. The van der Waals surface area contributed by atoms with E-state index in [1.54, 1.807) is 23.6 Å². The Kier molecular flexibility index (Phi) is 6.71. The van der Waals surface area contributed by atoms with Gasteiger partial charge in [-0.1, -0.05) is 0 Å². The first-order valence-corrected chi connectivity index (χ1v) is 10.1. The lowest BCUT2D eigenvalue weighted by atomic mass is 10.2. The summed E-state index contributed by atoms with van der Waals surface area (Å²) in [6.45, 7) is 6.58. The molecule has 0 bridgehead atoms. The Morgan fingerprint density at radius 3 is 2.34 bits per heavy atom. The number of benzene rings is 1. The fraction of sp³-hybridized carbons (Fsp3) is 0.350. The van der Waals surface area contributed by atoms with E-state index in [-0.39, 0.29) is 23.6 Å². The van der Waals surface area contributed by atoms with Gasteiger partial charge in [0.15, 0.2) is 11.5 Å². The van der Waals surface area contributed by atoms with Gasteiger partial charge < -0.3 is 23.9 Å². The molecule has 0 saturated heterocycles. The van der Waals surface area contributed by atoms with Crippen molar-refractivity contribution in [2.24, 2.45) is 0 Å². The number of carbonyl (C=O) groups excluding carboxylic acids is 1. The number of aromatic nitrogens is 2. The average Bonchev–Trinajstić information content (AvgIpc) is 3.18. The summed E-state index contributed by atoms with van der Waals surface area (Å²) in [5, 5.41) is 1.78. The monoisotopic (exact) mass is 418 g/mol. The van der Waals surface area contributed by atoms with Crippen molar-refractivity contribution in [3.8, 4) is 17.2 Å². The number of esters is 1. The van der Waals surface area contributed by atoms with Gasteiger partial charge >= 0.3 is 5.97 Å². The number of thiophene rings is 1. The van der Waals surface area contributed by atoms with Gasteiger partial charge in [-0.25, -0.2) is 9.78 Å². The maximum atomic E-state index is 12.6. The molecule has 0 aliphatic heterocycles. The number of hydrogen-bond acceptors (Lipinski definition) is 8. The zero-order valence-corrected chi connectivity index (χ0v) is 17.3. The van der Waals surface area contributed by atoms with Crippen molar-refractivity contribution in [3.05, 3.63) is 45.3 Å². The van der Waals surface area contributed by atoms with Gasteiger partial charge in [0, 0.05) is 0 Å². The lowest BCUT2D eigenvalue weighted by Crippen LogP contribution is -2.14. The van der Waals surface area contributed by atoms with E-state index in [9.17, 15) is 9.59 Å². The van der Waals surface area contributed by atoms with Crippen LogP contribution in [0, 0.1) is 0 Å². The van der Waals surface area contributed by atoms with Gasteiger partial charge in [-0.05, 0) is 44.4 Å². The Morgan fingerprint density at radius 1 is 1.07 bits per heavy atom. The largest absolute Gasteiger partial charge is 0.490 e. The minimum Gasteiger partial charge on any atom is -0.490 e. The summed E-state index contributed by atoms with van der Waals surface area (Å²) >= 11 is 1.31. The normalized spacial score (nSPS) is 10.7. The van der Waals surface area contributed by atoms with Crippen LogP contribution < -0.4 is 19.8 Å². The molecule has 2 heterocycles. The molecule has 0 aliphatic rings. The number of fused-ring (bicyclic) bond motifs is 1. The van der Waals surface area contributed by atoms with Crippen LogP contribution in [0.5, 0.6) is 17.2 Å². The van der Waals surface area contributed by atoms with E-state index in [4.69, 9.17) is 18.9 Å². The van der Waals surface area contributed by atoms with Crippen LogP contribution in [-0.2, 0) is 11.3 Å². The second kappa shape index (κ2) is 9.42. The molecule has 0 radical (unpaired) electrons. The lowest BCUT2D eigenvalue weighted by Gasteiger charge is -2.16. The van der Waals surface area contributed by atoms with Crippen LogP contribution in [0.2, 0.25) is 0 Å². The molecule has 8 nitrogen and oxygen atoms in total. The summed E-state index contributed by atoms with van der Waals surface area (Å²) in [5.74, 6) is 0.928. The summed E-state index contributed by atoms with van der Waals surface area (Å²) in [5.41, 5.74) is 0.567. The van der Waals surface area contributed by atoms with Gasteiger partial charge in [-0.3, -0.25) is 4.79 Å². The summed E-state index contributed by atoms with van der Waals surface area (Å²) in [6, 6.07) is 4.85. The third-order valence-corrected chi connectivity index (χ3v) is 4.75. The topological polar surface area (TPSA) is 99.7 Å². The van der Waals surface area contributed by atoms with Gasteiger partial charge in [-0.15, -0.1) is 11.3 Å². The van der Waals surface area contributed by atoms with Crippen LogP contribution >= 0.6 is 11.3 Å². The molecule has 3 rings (SSSR count). The average molecular weight is 418 g/mol. The van der Waals surface area contributed by atoms with Crippen LogP contribution in [0.25, 0.3) is 10.2 Å². The zero-order valence-electron chi connectivity index (χ0n) is 16.4. The first-order chi connectivity index (χ1) is 14.1. The van der Waals surface area contributed by atoms with E-state index in [2.05, 4.69) is 9.97 Å². The molecule has 0 saturated carbocycles. The number of hydrogen-bond donors (Lipinski definition) is 1. The highest BCUT2D eigenvalue weighted by molar-refractivity contribution is 7.17. The molecular formula is C20H22N2O6S. The van der Waals surface area contributed by atoms with Crippen molar-refractivity contribution in [1.82, 2.24) is 9.97 Å². The Bertz CT molecular complexity index is 1030. The zero-order chi connectivity index (χ0) is 20.8. The standard InChI is InChI=1S/C20H22N2O6S/c1-4-25-14-9-12(10-15(26-5-2)17(14)27-6-3)20(24)28-11-16-21-13-7-8-29-18(13)19(23)22-16/h7-10H,4-6,11H2,1-3H3,(H,21,22,23). The highest BCUT2D eigenvalue weighted by Gasteiger charge is 2.19. The first-order valence-electron chi connectivity index (χ1n) is 9.27. The van der Waals surface area contributed by atoms with Gasteiger partial charge in [0.25, 0.3) is 5.56 Å². The predicted molar refractivity (Wildman–Crippen MR) is 109 cm³/mol. The van der Waals surface area contributed by atoms with Gasteiger partial charge in [-0.2, -0.15) is 0 Å². The van der Waals surface area contributed by atoms with Gasteiger partial charge in [0.05, 0.1) is 30.9 Å². The van der Waals surface area contributed by atoms with Crippen molar-refractivity contribution in [1.29, 1.82) is 0 Å². The minimum atomic E-state index is -0.594. The molecule has 0 spiro atoms. The van der Waals surface area contributed by atoms with E-state index in [0.29, 0.717) is 47.3 Å². The Morgan fingerprint density at radius 2 is 1.72 bits per heavy atom. The number of aromatic amines is 1. The molecule has 0 unspecified atom stereocenters. The highest BCUT2D eigenvalue weighted by atomic mass is 32.1. The maximum Gasteiger partial charge on any atom is 0.338 e.